The van der Waals surface area contributed by atoms with Crippen LogP contribution >= 0.6 is 0 Å². The van der Waals surface area contributed by atoms with Crippen LogP contribution in [0.2, 0.25) is 0 Å². The molecule has 70 valence electrons. The molecule has 0 aromatic heterocycles. The van der Waals surface area contributed by atoms with Crippen LogP contribution < -0.4 is 0 Å². The van der Waals surface area contributed by atoms with Crippen LogP contribution in [0.3, 0.4) is 0 Å². The van der Waals surface area contributed by atoms with Crippen molar-refractivity contribution in [1.82, 2.24) is 4.90 Å². The molecule has 0 spiro atoms. The van der Waals surface area contributed by atoms with Crippen LogP contribution in [0.1, 0.15) is 12.8 Å². The molecule has 0 bridgehead atoms. The Morgan fingerprint density at radius 1 is 1.50 bits per heavy atom. The number of likely N-dealkylation sites (tertiary alicyclic amines) is 1. The zero-order valence-corrected chi connectivity index (χ0v) is 7.66. The van der Waals surface area contributed by atoms with Crippen molar-refractivity contribution in [2.75, 3.05) is 33.4 Å². The average molecular weight is 171 g/mol. The second-order valence-corrected chi connectivity index (χ2v) is 3.31. The van der Waals surface area contributed by atoms with E-state index in [1.807, 2.05) is 0 Å². The molecule has 1 heterocycles. The molecule has 1 rings (SSSR count). The summed E-state index contributed by atoms with van der Waals surface area (Å²) in [5, 5.41) is 0. The number of piperidine rings is 1. The van der Waals surface area contributed by atoms with Gasteiger partial charge in [-0.05, 0) is 25.9 Å². The number of methoxy groups -OCH3 is 1. The first-order valence-corrected chi connectivity index (χ1v) is 4.53. The lowest BCUT2D eigenvalue weighted by Gasteiger charge is -2.28. The van der Waals surface area contributed by atoms with Gasteiger partial charge in [0.15, 0.2) is 0 Å². The molecular weight excluding hydrogens is 154 g/mol. The van der Waals surface area contributed by atoms with Crippen LogP contribution in [0, 0.1) is 5.92 Å². The Kier molecular flexibility index (Phi) is 4.25. The summed E-state index contributed by atoms with van der Waals surface area (Å²) in [4.78, 5) is 12.8. The lowest BCUT2D eigenvalue weighted by atomic mass is 9.99. The van der Waals surface area contributed by atoms with E-state index in [9.17, 15) is 4.79 Å². The van der Waals surface area contributed by atoms with Crippen molar-refractivity contribution in [2.45, 2.75) is 12.8 Å². The molecule has 0 unspecified atom stereocenters. The third-order valence-corrected chi connectivity index (χ3v) is 2.44. The van der Waals surface area contributed by atoms with Gasteiger partial charge in [-0.3, -0.25) is 0 Å². The van der Waals surface area contributed by atoms with E-state index < -0.39 is 0 Å². The summed E-state index contributed by atoms with van der Waals surface area (Å²) in [6.45, 7) is 3.90. The van der Waals surface area contributed by atoms with Crippen LogP contribution in [0.25, 0.3) is 0 Å². The fourth-order valence-corrected chi connectivity index (χ4v) is 1.53. The Morgan fingerprint density at radius 3 is 2.67 bits per heavy atom. The molecule has 3 nitrogen and oxygen atoms in total. The van der Waals surface area contributed by atoms with Gasteiger partial charge in [0.2, 0.25) is 0 Å². The first kappa shape index (κ1) is 9.68. The molecule has 3 heteroatoms. The molecule has 0 N–H and O–H groups in total. The summed E-state index contributed by atoms with van der Waals surface area (Å²) < 4.78 is 4.99. The van der Waals surface area contributed by atoms with Gasteiger partial charge in [-0.1, -0.05) is 0 Å². The van der Waals surface area contributed by atoms with Crippen molar-refractivity contribution in [3.8, 4) is 0 Å². The molecule has 0 saturated carbocycles. The zero-order chi connectivity index (χ0) is 8.81. The van der Waals surface area contributed by atoms with Crippen molar-refractivity contribution in [3.63, 3.8) is 0 Å². The zero-order valence-electron chi connectivity index (χ0n) is 7.66. The third kappa shape index (κ3) is 2.91. The predicted molar refractivity (Wildman–Crippen MR) is 47.1 cm³/mol. The van der Waals surface area contributed by atoms with E-state index >= 15 is 0 Å². The maximum absolute atomic E-state index is 10.4. The van der Waals surface area contributed by atoms with Gasteiger partial charge in [0.25, 0.3) is 0 Å². The summed E-state index contributed by atoms with van der Waals surface area (Å²) in [6.07, 6.45) is 3.13. The highest BCUT2D eigenvalue weighted by Gasteiger charge is 2.17. The molecule has 0 aliphatic carbocycles. The Morgan fingerprint density at radius 2 is 2.17 bits per heavy atom. The molecular formula is C9H17NO2. The minimum Gasteiger partial charge on any atom is -0.383 e. The summed E-state index contributed by atoms with van der Waals surface area (Å²) in [5.74, 6) is 0.309. The molecule has 12 heavy (non-hydrogen) atoms. The highest BCUT2D eigenvalue weighted by Crippen LogP contribution is 2.13. The van der Waals surface area contributed by atoms with E-state index in [1.54, 1.807) is 7.11 Å². The number of carbonyl (C=O) groups excluding carboxylic acids is 1. The van der Waals surface area contributed by atoms with Crippen LogP contribution in [0.5, 0.6) is 0 Å². The van der Waals surface area contributed by atoms with E-state index in [4.69, 9.17) is 4.74 Å². The van der Waals surface area contributed by atoms with E-state index in [0.29, 0.717) is 5.92 Å². The summed E-state index contributed by atoms with van der Waals surface area (Å²) >= 11 is 0. The van der Waals surface area contributed by atoms with E-state index in [-0.39, 0.29) is 0 Å². The largest absolute Gasteiger partial charge is 0.383 e. The van der Waals surface area contributed by atoms with E-state index in [2.05, 4.69) is 4.90 Å². The van der Waals surface area contributed by atoms with Crippen molar-refractivity contribution < 1.29 is 9.53 Å². The normalized spacial score (nSPS) is 21.1. The fraction of sp³-hybridized carbons (Fsp3) is 0.889. The summed E-state index contributed by atoms with van der Waals surface area (Å²) in [7, 11) is 1.72. The molecule has 0 atom stereocenters. The van der Waals surface area contributed by atoms with Gasteiger partial charge in [0.05, 0.1) is 6.61 Å². The maximum Gasteiger partial charge on any atom is 0.123 e. The minimum atomic E-state index is 0.309. The molecule has 1 fully saturated rings. The van der Waals surface area contributed by atoms with Crippen molar-refractivity contribution in [3.05, 3.63) is 0 Å². The van der Waals surface area contributed by atoms with E-state index in [1.165, 1.54) is 0 Å². The number of hydrogen-bond acceptors (Lipinski definition) is 3. The second-order valence-electron chi connectivity index (χ2n) is 3.31. The van der Waals surface area contributed by atoms with Gasteiger partial charge >= 0.3 is 0 Å². The van der Waals surface area contributed by atoms with Gasteiger partial charge in [-0.2, -0.15) is 0 Å². The Labute approximate surface area is 73.7 Å². The SMILES string of the molecule is COCCN1CCC(C=O)CC1. The first-order chi connectivity index (χ1) is 5.86. The Balaban J connectivity index is 2.12. The number of carbonyl (C=O) groups is 1. The Bertz CT molecular complexity index is 130. The number of ether oxygens (including phenoxy) is 1. The number of nitrogens with zero attached hydrogens (tertiary/aromatic N) is 1. The molecule has 0 amide bonds. The van der Waals surface area contributed by atoms with Crippen LogP contribution in [0.15, 0.2) is 0 Å². The fourth-order valence-electron chi connectivity index (χ4n) is 1.53. The van der Waals surface area contributed by atoms with Gasteiger partial charge in [-0.25, -0.2) is 0 Å². The second kappa shape index (κ2) is 5.27. The molecule has 1 saturated heterocycles. The van der Waals surface area contributed by atoms with Crippen molar-refractivity contribution in [2.24, 2.45) is 5.92 Å². The van der Waals surface area contributed by atoms with Gasteiger partial charge in [0, 0.05) is 19.6 Å². The quantitative estimate of drug-likeness (QED) is 0.578. The van der Waals surface area contributed by atoms with Gasteiger partial charge in [-0.15, -0.1) is 0 Å². The van der Waals surface area contributed by atoms with Crippen molar-refractivity contribution in [1.29, 1.82) is 0 Å². The van der Waals surface area contributed by atoms with Crippen molar-refractivity contribution >= 4 is 6.29 Å². The third-order valence-electron chi connectivity index (χ3n) is 2.44. The van der Waals surface area contributed by atoms with Gasteiger partial charge in [0.1, 0.15) is 6.29 Å². The highest BCUT2D eigenvalue weighted by atomic mass is 16.5. The average Bonchev–Trinajstić information content (AvgIpc) is 2.15. The van der Waals surface area contributed by atoms with Crippen LogP contribution in [-0.2, 0) is 9.53 Å². The monoisotopic (exact) mass is 171 g/mol. The molecule has 1 aliphatic heterocycles. The summed E-state index contributed by atoms with van der Waals surface area (Å²) in [6, 6.07) is 0. The molecule has 0 aromatic carbocycles. The lowest BCUT2D eigenvalue weighted by Crippen LogP contribution is -2.36. The molecule has 0 aromatic rings. The molecule has 0 radical (unpaired) electrons. The standard InChI is InChI=1S/C9H17NO2/c1-12-7-6-10-4-2-9(8-11)3-5-10/h8-9H,2-7H2,1H3. The Hall–Kier alpha value is -0.410. The highest BCUT2D eigenvalue weighted by molar-refractivity contribution is 5.53. The van der Waals surface area contributed by atoms with Crippen LogP contribution in [0.4, 0.5) is 0 Å². The number of rotatable bonds is 4. The number of aldehydes is 1. The first-order valence-electron chi connectivity index (χ1n) is 4.53. The molecule has 1 aliphatic rings. The smallest absolute Gasteiger partial charge is 0.123 e. The topological polar surface area (TPSA) is 29.5 Å². The van der Waals surface area contributed by atoms with Crippen LogP contribution in [-0.4, -0.2) is 44.5 Å². The minimum absolute atomic E-state index is 0.309. The predicted octanol–water partition coefficient (Wildman–Crippen LogP) is 0.544. The maximum atomic E-state index is 10.4. The number of hydrogen-bond donors (Lipinski definition) is 0. The summed E-state index contributed by atoms with van der Waals surface area (Å²) in [5.41, 5.74) is 0. The van der Waals surface area contributed by atoms with E-state index in [0.717, 1.165) is 45.4 Å². The van der Waals surface area contributed by atoms with Gasteiger partial charge < -0.3 is 14.4 Å². The lowest BCUT2D eigenvalue weighted by molar-refractivity contribution is -0.112.